The Hall–Kier alpha value is -0.760. The second-order valence-electron chi connectivity index (χ2n) is 13.1. The van der Waals surface area contributed by atoms with E-state index in [1.807, 2.05) is 19.0 Å². The number of nitrogens with zero attached hydrogens (tertiary/aromatic N) is 1. The van der Waals surface area contributed by atoms with E-state index < -0.39 is 123 Å². The van der Waals surface area contributed by atoms with Crippen molar-refractivity contribution in [1.29, 1.82) is 0 Å². The predicted octanol–water partition coefficient (Wildman–Crippen LogP) is -6.82. The van der Waals surface area contributed by atoms with Crippen molar-refractivity contribution >= 4 is 0 Å². The molecule has 4 fully saturated rings. The minimum absolute atomic E-state index is 0.0561. The number of aliphatic hydroxyl groups excluding tert-OH is 7. The van der Waals surface area contributed by atoms with Crippen LogP contribution in [0.5, 0.6) is 0 Å². The summed E-state index contributed by atoms with van der Waals surface area (Å²) >= 11 is 0. The van der Waals surface area contributed by atoms with Gasteiger partial charge in [0.1, 0.15) is 61.0 Å². The lowest BCUT2D eigenvalue weighted by Gasteiger charge is -2.47. The number of likely N-dealkylation sites (N-methyl/N-ethyl adjacent to an activating group) is 1. The standard InChI is InChI=1S/C28H55N5O14/c1-4-12-18(36)20(38)15(31)26(42-12)46-24-14(9-41-6-5-33(2)3)44-28(22(24)40)47-25-17(35)10(29)7-11(30)23(25)45-27-16(32)21(39)19(37)13(8-34)43-27/h10-28,34-40H,4-9,29-32H2,1-3H3. The Kier molecular flexibility index (Phi) is 14.1. The van der Waals surface area contributed by atoms with E-state index in [1.165, 1.54) is 0 Å². The Balaban J connectivity index is 1.53. The first kappa shape index (κ1) is 39.0. The van der Waals surface area contributed by atoms with Gasteiger partial charge in [-0.25, -0.2) is 0 Å². The summed E-state index contributed by atoms with van der Waals surface area (Å²) < 4.78 is 41.6. The van der Waals surface area contributed by atoms with Gasteiger partial charge in [0.25, 0.3) is 0 Å². The molecule has 1 saturated carbocycles. The van der Waals surface area contributed by atoms with Gasteiger partial charge in [0, 0.05) is 18.6 Å². The maximum atomic E-state index is 11.5. The lowest BCUT2D eigenvalue weighted by atomic mass is 9.84. The lowest BCUT2D eigenvalue weighted by Crippen LogP contribution is -2.68. The average molecular weight is 686 g/mol. The van der Waals surface area contributed by atoms with Crippen molar-refractivity contribution in [2.75, 3.05) is 40.5 Å². The number of nitrogens with two attached hydrogens (primary N) is 4. The molecule has 0 aromatic rings. The first-order valence-corrected chi connectivity index (χ1v) is 16.1. The van der Waals surface area contributed by atoms with E-state index in [4.69, 9.17) is 56.1 Å². The van der Waals surface area contributed by atoms with Crippen LogP contribution >= 0.6 is 0 Å². The molecule has 47 heavy (non-hydrogen) atoms. The van der Waals surface area contributed by atoms with Crippen LogP contribution in [0.25, 0.3) is 0 Å². The highest BCUT2D eigenvalue weighted by Gasteiger charge is 2.54. The topological polar surface area (TPSA) is 314 Å². The van der Waals surface area contributed by atoms with E-state index >= 15 is 0 Å². The molecule has 4 aliphatic rings. The number of hydrogen-bond acceptors (Lipinski definition) is 19. The molecule has 0 spiro atoms. The van der Waals surface area contributed by atoms with Crippen LogP contribution in [0.2, 0.25) is 0 Å². The fraction of sp³-hybridized carbons (Fsp3) is 1.00. The normalized spacial score (nSPS) is 49.5. The third kappa shape index (κ3) is 8.76. The maximum Gasteiger partial charge on any atom is 0.187 e. The fourth-order valence-electron chi connectivity index (χ4n) is 6.28. The van der Waals surface area contributed by atoms with E-state index in [-0.39, 0.29) is 13.0 Å². The van der Waals surface area contributed by atoms with Crippen molar-refractivity contribution in [1.82, 2.24) is 4.90 Å². The minimum atomic E-state index is -1.52. The van der Waals surface area contributed by atoms with Crippen LogP contribution < -0.4 is 22.9 Å². The molecular formula is C28H55N5O14. The highest BCUT2D eigenvalue weighted by atomic mass is 16.8. The van der Waals surface area contributed by atoms with Gasteiger partial charge in [-0.1, -0.05) is 6.92 Å². The van der Waals surface area contributed by atoms with Crippen molar-refractivity contribution in [3.8, 4) is 0 Å². The molecule has 15 N–H and O–H groups in total. The molecule has 19 unspecified atom stereocenters. The Labute approximate surface area is 273 Å². The molecule has 3 saturated heterocycles. The molecule has 0 aromatic heterocycles. The van der Waals surface area contributed by atoms with Crippen molar-refractivity contribution in [2.24, 2.45) is 22.9 Å². The van der Waals surface area contributed by atoms with Gasteiger partial charge in [-0.2, -0.15) is 0 Å². The summed E-state index contributed by atoms with van der Waals surface area (Å²) in [7, 11) is 3.75. The van der Waals surface area contributed by atoms with E-state index in [9.17, 15) is 35.7 Å². The molecule has 0 radical (unpaired) electrons. The molecular weight excluding hydrogens is 630 g/mol. The Morgan fingerprint density at radius 1 is 0.638 bits per heavy atom. The highest BCUT2D eigenvalue weighted by Crippen LogP contribution is 2.34. The first-order chi connectivity index (χ1) is 22.2. The first-order valence-electron chi connectivity index (χ1n) is 16.1. The molecule has 19 atom stereocenters. The fourth-order valence-corrected chi connectivity index (χ4v) is 6.28. The molecule has 1 aliphatic carbocycles. The lowest BCUT2D eigenvalue weighted by molar-refractivity contribution is -0.310. The highest BCUT2D eigenvalue weighted by molar-refractivity contribution is 5.02. The van der Waals surface area contributed by atoms with Crippen LogP contribution in [0.3, 0.4) is 0 Å². The number of hydrogen-bond donors (Lipinski definition) is 11. The summed E-state index contributed by atoms with van der Waals surface area (Å²) in [6, 6.07) is -4.14. The predicted molar refractivity (Wildman–Crippen MR) is 160 cm³/mol. The van der Waals surface area contributed by atoms with Crippen LogP contribution in [-0.4, -0.2) is 197 Å². The number of ether oxygens (including phenoxy) is 7. The van der Waals surface area contributed by atoms with Gasteiger partial charge in [0.15, 0.2) is 18.9 Å². The molecule has 276 valence electrons. The summed E-state index contributed by atoms with van der Waals surface area (Å²) in [6.07, 6.45) is -18.8. The van der Waals surface area contributed by atoms with Gasteiger partial charge in [0.05, 0.1) is 44.1 Å². The molecule has 4 rings (SSSR count). The quantitative estimate of drug-likeness (QED) is 0.0802. The molecule has 0 aromatic carbocycles. The molecule has 19 heteroatoms. The number of aliphatic hydroxyl groups is 7. The zero-order chi connectivity index (χ0) is 34.7. The van der Waals surface area contributed by atoms with E-state index in [0.29, 0.717) is 19.6 Å². The summed E-state index contributed by atoms with van der Waals surface area (Å²) in [6.45, 7) is 1.98. The van der Waals surface area contributed by atoms with Crippen LogP contribution in [0.15, 0.2) is 0 Å². The average Bonchev–Trinajstić information content (AvgIpc) is 3.32. The van der Waals surface area contributed by atoms with Crippen LogP contribution in [0.4, 0.5) is 0 Å². The minimum Gasteiger partial charge on any atom is -0.394 e. The van der Waals surface area contributed by atoms with E-state index in [0.717, 1.165) is 0 Å². The zero-order valence-electron chi connectivity index (χ0n) is 27.0. The Morgan fingerprint density at radius 2 is 1.17 bits per heavy atom. The summed E-state index contributed by atoms with van der Waals surface area (Å²) in [5, 5.41) is 73.7. The van der Waals surface area contributed by atoms with Crippen molar-refractivity contribution < 1.29 is 68.9 Å². The molecule has 3 aliphatic heterocycles. The summed E-state index contributed by atoms with van der Waals surface area (Å²) in [5.74, 6) is 0. The number of rotatable bonds is 13. The van der Waals surface area contributed by atoms with Gasteiger partial charge in [-0.15, -0.1) is 0 Å². The second kappa shape index (κ2) is 17.0. The van der Waals surface area contributed by atoms with E-state index in [1.54, 1.807) is 6.92 Å². The Morgan fingerprint density at radius 3 is 1.74 bits per heavy atom. The van der Waals surface area contributed by atoms with Crippen LogP contribution in [0.1, 0.15) is 19.8 Å². The van der Waals surface area contributed by atoms with Gasteiger partial charge in [-0.05, 0) is 26.9 Å². The van der Waals surface area contributed by atoms with Crippen molar-refractivity contribution in [2.45, 2.75) is 136 Å². The van der Waals surface area contributed by atoms with Gasteiger partial charge < -0.3 is 96.7 Å². The van der Waals surface area contributed by atoms with Crippen LogP contribution in [-0.2, 0) is 33.2 Å². The van der Waals surface area contributed by atoms with Gasteiger partial charge in [0.2, 0.25) is 0 Å². The van der Waals surface area contributed by atoms with Crippen molar-refractivity contribution in [3.63, 3.8) is 0 Å². The molecule has 0 amide bonds. The zero-order valence-corrected chi connectivity index (χ0v) is 27.0. The largest absolute Gasteiger partial charge is 0.394 e. The van der Waals surface area contributed by atoms with Gasteiger partial charge >= 0.3 is 0 Å². The van der Waals surface area contributed by atoms with E-state index in [2.05, 4.69) is 0 Å². The maximum absolute atomic E-state index is 11.5. The second-order valence-corrected chi connectivity index (χ2v) is 13.1. The summed E-state index contributed by atoms with van der Waals surface area (Å²) in [4.78, 5) is 1.91. The molecule has 19 nitrogen and oxygen atoms in total. The third-order valence-corrected chi connectivity index (χ3v) is 9.27. The SMILES string of the molecule is CCC1OC(OC2C(COCCN(C)C)OC(OC3C(O)C(N)CC(N)C3OC3OC(CO)C(O)C(O)C3N)C2O)C(N)C(O)C1O. The smallest absolute Gasteiger partial charge is 0.187 e. The van der Waals surface area contributed by atoms with Crippen molar-refractivity contribution in [3.05, 3.63) is 0 Å². The summed E-state index contributed by atoms with van der Waals surface area (Å²) in [5.41, 5.74) is 24.8. The Bertz CT molecular complexity index is 959. The molecule has 3 heterocycles. The van der Waals surface area contributed by atoms with Crippen LogP contribution in [0, 0.1) is 0 Å². The van der Waals surface area contributed by atoms with Gasteiger partial charge in [-0.3, -0.25) is 0 Å². The molecule has 0 bridgehead atoms. The third-order valence-electron chi connectivity index (χ3n) is 9.27. The monoisotopic (exact) mass is 685 g/mol.